The van der Waals surface area contributed by atoms with Crippen molar-refractivity contribution in [1.82, 2.24) is 21.3 Å². The first-order valence-electron chi connectivity index (χ1n) is 6.43. The number of carbonyl (C=O) groups is 3. The second-order valence-electron chi connectivity index (χ2n) is 4.62. The Morgan fingerprint density at radius 2 is 1.47 bits per heavy atom. The minimum absolute atomic E-state index is 0.0382. The second-order valence-corrected chi connectivity index (χ2v) is 4.62. The van der Waals surface area contributed by atoms with Gasteiger partial charge in [0.05, 0.1) is 12.1 Å². The summed E-state index contributed by atoms with van der Waals surface area (Å²) in [6.07, 6.45) is 0. The van der Waals surface area contributed by atoms with E-state index in [2.05, 4.69) is 21.3 Å². The van der Waals surface area contributed by atoms with Crippen LogP contribution in [0, 0.1) is 0 Å². The topological polar surface area (TPSA) is 99.3 Å². The van der Waals surface area contributed by atoms with Crippen molar-refractivity contribution in [3.8, 4) is 0 Å². The first-order valence-corrected chi connectivity index (χ1v) is 6.43. The molecule has 0 aromatic carbocycles. The Morgan fingerprint density at radius 1 is 0.947 bits per heavy atom. The Morgan fingerprint density at radius 3 is 1.95 bits per heavy atom. The molecule has 0 aromatic rings. The number of hydrogen-bond donors (Lipinski definition) is 4. The van der Waals surface area contributed by atoms with Crippen LogP contribution in [0.15, 0.2) is 0 Å². The molecule has 0 bridgehead atoms. The third-order valence-corrected chi connectivity index (χ3v) is 2.29. The van der Waals surface area contributed by atoms with E-state index in [1.165, 1.54) is 0 Å². The molecular weight excluding hydrogens is 248 g/mol. The van der Waals surface area contributed by atoms with Crippen LogP contribution in [0.1, 0.15) is 34.6 Å². The van der Waals surface area contributed by atoms with E-state index in [0.717, 1.165) is 0 Å². The lowest BCUT2D eigenvalue weighted by Crippen LogP contribution is -2.53. The van der Waals surface area contributed by atoms with Gasteiger partial charge in [-0.05, 0) is 34.6 Å². The molecule has 0 spiro atoms. The van der Waals surface area contributed by atoms with Gasteiger partial charge in [-0.3, -0.25) is 20.2 Å². The predicted molar refractivity (Wildman–Crippen MR) is 72.6 cm³/mol. The molecule has 19 heavy (non-hydrogen) atoms. The monoisotopic (exact) mass is 272 g/mol. The molecule has 0 aliphatic heterocycles. The van der Waals surface area contributed by atoms with Crippen LogP contribution in [-0.2, 0) is 9.59 Å². The smallest absolute Gasteiger partial charge is 0.321 e. The lowest BCUT2D eigenvalue weighted by atomic mass is 10.2. The van der Waals surface area contributed by atoms with Crippen LogP contribution in [0.4, 0.5) is 4.79 Å². The molecule has 0 aromatic heterocycles. The third-order valence-electron chi connectivity index (χ3n) is 2.29. The van der Waals surface area contributed by atoms with Gasteiger partial charge in [-0.25, -0.2) is 4.79 Å². The highest BCUT2D eigenvalue weighted by Crippen LogP contribution is 1.90. The van der Waals surface area contributed by atoms with Gasteiger partial charge in [0.1, 0.15) is 0 Å². The van der Waals surface area contributed by atoms with Crippen LogP contribution in [0.2, 0.25) is 0 Å². The molecule has 7 heteroatoms. The largest absolute Gasteiger partial charge is 0.353 e. The molecule has 110 valence electrons. The Hall–Kier alpha value is -1.63. The number of carbonyl (C=O) groups excluding carboxylic acids is 3. The predicted octanol–water partition coefficient (Wildman–Crippen LogP) is -0.277. The number of hydrogen-bond acceptors (Lipinski definition) is 4. The van der Waals surface area contributed by atoms with Crippen LogP contribution >= 0.6 is 0 Å². The van der Waals surface area contributed by atoms with Gasteiger partial charge in [-0.15, -0.1) is 0 Å². The van der Waals surface area contributed by atoms with Crippen molar-refractivity contribution in [2.75, 3.05) is 6.54 Å². The average Bonchev–Trinajstić information content (AvgIpc) is 2.27. The van der Waals surface area contributed by atoms with E-state index < -0.39 is 24.0 Å². The van der Waals surface area contributed by atoms with Crippen LogP contribution < -0.4 is 21.3 Å². The zero-order valence-electron chi connectivity index (χ0n) is 12.2. The number of amides is 4. The number of nitrogens with one attached hydrogen (secondary N) is 4. The van der Waals surface area contributed by atoms with Crippen molar-refractivity contribution in [2.45, 2.75) is 52.7 Å². The molecule has 0 heterocycles. The molecular formula is C12H24N4O3. The summed E-state index contributed by atoms with van der Waals surface area (Å²) in [7, 11) is 0. The SMILES string of the molecule is CCNC(=O)NC(=O)C(C)NC(C)C(=O)NC(C)C. The quantitative estimate of drug-likeness (QED) is 0.534. The highest BCUT2D eigenvalue weighted by molar-refractivity contribution is 5.97. The highest BCUT2D eigenvalue weighted by atomic mass is 16.2. The lowest BCUT2D eigenvalue weighted by Gasteiger charge is -2.20. The molecule has 0 rings (SSSR count). The van der Waals surface area contributed by atoms with E-state index in [4.69, 9.17) is 0 Å². The van der Waals surface area contributed by atoms with Crippen molar-refractivity contribution in [3.05, 3.63) is 0 Å². The normalized spacial score (nSPS) is 13.6. The van der Waals surface area contributed by atoms with Gasteiger partial charge < -0.3 is 10.6 Å². The molecule has 2 atom stereocenters. The average molecular weight is 272 g/mol. The van der Waals surface area contributed by atoms with Gasteiger partial charge in [-0.2, -0.15) is 0 Å². The molecule has 0 saturated heterocycles. The van der Waals surface area contributed by atoms with Crippen molar-refractivity contribution in [2.24, 2.45) is 0 Å². The van der Waals surface area contributed by atoms with Crippen molar-refractivity contribution in [1.29, 1.82) is 0 Å². The van der Waals surface area contributed by atoms with Gasteiger partial charge >= 0.3 is 6.03 Å². The van der Waals surface area contributed by atoms with Crippen LogP contribution in [0.25, 0.3) is 0 Å². The molecule has 0 aliphatic carbocycles. The summed E-state index contributed by atoms with van der Waals surface area (Å²) >= 11 is 0. The molecule has 0 radical (unpaired) electrons. The van der Waals surface area contributed by atoms with Gasteiger partial charge in [0.25, 0.3) is 0 Å². The maximum Gasteiger partial charge on any atom is 0.321 e. The maximum absolute atomic E-state index is 11.7. The van der Waals surface area contributed by atoms with Crippen molar-refractivity contribution < 1.29 is 14.4 Å². The fourth-order valence-corrected chi connectivity index (χ4v) is 1.36. The Bertz CT molecular complexity index is 331. The summed E-state index contributed by atoms with van der Waals surface area (Å²) in [4.78, 5) is 34.5. The molecule has 7 nitrogen and oxygen atoms in total. The van der Waals surface area contributed by atoms with Crippen LogP contribution in [0.5, 0.6) is 0 Å². The fourth-order valence-electron chi connectivity index (χ4n) is 1.36. The summed E-state index contributed by atoms with van der Waals surface area (Å²) in [5, 5.41) is 10.2. The summed E-state index contributed by atoms with van der Waals surface area (Å²) < 4.78 is 0. The first kappa shape index (κ1) is 17.4. The molecule has 0 fully saturated rings. The summed E-state index contributed by atoms with van der Waals surface area (Å²) in [5.41, 5.74) is 0. The van der Waals surface area contributed by atoms with E-state index in [9.17, 15) is 14.4 Å². The molecule has 4 amide bonds. The standard InChI is InChI=1S/C12H24N4O3/c1-6-13-12(19)16-11(18)9(5)15-8(4)10(17)14-7(2)3/h7-9,15H,6H2,1-5H3,(H,14,17)(H2,13,16,18,19). The van der Waals surface area contributed by atoms with E-state index >= 15 is 0 Å². The van der Waals surface area contributed by atoms with E-state index in [1.54, 1.807) is 20.8 Å². The molecule has 0 aliphatic rings. The van der Waals surface area contributed by atoms with Crippen molar-refractivity contribution in [3.63, 3.8) is 0 Å². The van der Waals surface area contributed by atoms with Gasteiger partial charge in [0.15, 0.2) is 0 Å². The van der Waals surface area contributed by atoms with Crippen LogP contribution in [0.3, 0.4) is 0 Å². The van der Waals surface area contributed by atoms with Gasteiger partial charge in [0.2, 0.25) is 11.8 Å². The fraction of sp³-hybridized carbons (Fsp3) is 0.750. The third kappa shape index (κ3) is 7.40. The Balaban J connectivity index is 4.21. The van der Waals surface area contributed by atoms with E-state index in [-0.39, 0.29) is 11.9 Å². The van der Waals surface area contributed by atoms with Crippen LogP contribution in [-0.4, -0.2) is 42.5 Å². The number of rotatable bonds is 6. The number of imide groups is 1. The number of urea groups is 1. The van der Waals surface area contributed by atoms with Gasteiger partial charge in [0, 0.05) is 12.6 Å². The second kappa shape index (κ2) is 8.47. The molecule has 0 saturated carbocycles. The Labute approximate surface area is 113 Å². The minimum atomic E-state index is -0.643. The zero-order chi connectivity index (χ0) is 15.0. The summed E-state index contributed by atoms with van der Waals surface area (Å²) in [6, 6.07) is -1.66. The Kier molecular flexibility index (Phi) is 7.74. The van der Waals surface area contributed by atoms with E-state index in [1.807, 2.05) is 13.8 Å². The summed E-state index contributed by atoms with van der Waals surface area (Å²) in [6.45, 7) is 9.16. The first-order chi connectivity index (χ1) is 8.77. The maximum atomic E-state index is 11.7. The molecule has 4 N–H and O–H groups in total. The summed E-state index contributed by atoms with van der Waals surface area (Å²) in [5.74, 6) is -0.664. The zero-order valence-corrected chi connectivity index (χ0v) is 12.2. The minimum Gasteiger partial charge on any atom is -0.353 e. The highest BCUT2D eigenvalue weighted by Gasteiger charge is 2.21. The van der Waals surface area contributed by atoms with Gasteiger partial charge in [-0.1, -0.05) is 0 Å². The van der Waals surface area contributed by atoms with E-state index in [0.29, 0.717) is 6.54 Å². The lowest BCUT2D eigenvalue weighted by molar-refractivity contribution is -0.124. The van der Waals surface area contributed by atoms with Crippen molar-refractivity contribution >= 4 is 17.8 Å². The molecule has 2 unspecified atom stereocenters.